The van der Waals surface area contributed by atoms with Gasteiger partial charge in [0.15, 0.2) is 5.78 Å². The van der Waals surface area contributed by atoms with Gasteiger partial charge in [0.2, 0.25) is 0 Å². The molecule has 0 aromatic heterocycles. The van der Waals surface area contributed by atoms with Gasteiger partial charge < -0.3 is 9.84 Å². The molecule has 0 aliphatic heterocycles. The number of benzene rings is 2. The second-order valence-electron chi connectivity index (χ2n) is 4.83. The average Bonchev–Trinajstić information content (AvgIpc) is 2.45. The number of aryl methyl sites for hydroxylation is 1. The number of Topliss-reactive ketones (excluding diaryl/α,β-unsaturated/α-hetero) is 1. The number of ether oxygens (including phenoxy) is 1. The Morgan fingerprint density at radius 1 is 1.10 bits per heavy atom. The van der Waals surface area contributed by atoms with Gasteiger partial charge in [-0.2, -0.15) is 0 Å². The highest BCUT2D eigenvalue weighted by molar-refractivity contribution is 5.88. The summed E-state index contributed by atoms with van der Waals surface area (Å²) in [5.41, 5.74) is 1.92. The van der Waals surface area contributed by atoms with E-state index in [1.807, 2.05) is 25.1 Å². The minimum Gasteiger partial charge on any atom is -0.486 e. The van der Waals surface area contributed by atoms with Crippen LogP contribution in [0.15, 0.2) is 48.5 Å². The molecule has 0 amide bonds. The molecule has 0 aliphatic carbocycles. The zero-order valence-electron chi connectivity index (χ0n) is 11.7. The highest BCUT2D eigenvalue weighted by atomic mass is 16.5. The van der Waals surface area contributed by atoms with E-state index >= 15 is 0 Å². The molecule has 4 nitrogen and oxygen atoms in total. The molecule has 0 atom stereocenters. The van der Waals surface area contributed by atoms with Crippen LogP contribution in [-0.2, 0) is 11.2 Å². The third-order valence-electron chi connectivity index (χ3n) is 2.96. The molecule has 21 heavy (non-hydrogen) atoms. The summed E-state index contributed by atoms with van der Waals surface area (Å²) in [7, 11) is 0. The molecular weight excluding hydrogens is 268 g/mol. The first-order valence-electron chi connectivity index (χ1n) is 6.58. The van der Waals surface area contributed by atoms with Gasteiger partial charge in [-0.3, -0.25) is 4.79 Å². The molecule has 2 aromatic rings. The van der Waals surface area contributed by atoms with E-state index in [0.29, 0.717) is 11.3 Å². The fourth-order valence-corrected chi connectivity index (χ4v) is 1.96. The van der Waals surface area contributed by atoms with Crippen LogP contribution < -0.4 is 4.74 Å². The Labute approximate surface area is 123 Å². The zero-order valence-corrected chi connectivity index (χ0v) is 11.7. The van der Waals surface area contributed by atoms with E-state index < -0.39 is 5.97 Å². The van der Waals surface area contributed by atoms with Crippen LogP contribution in [0.5, 0.6) is 5.75 Å². The molecule has 0 spiro atoms. The first kappa shape index (κ1) is 14.8. The summed E-state index contributed by atoms with van der Waals surface area (Å²) in [5.74, 6) is -0.443. The van der Waals surface area contributed by atoms with E-state index in [2.05, 4.69) is 0 Å². The highest BCUT2D eigenvalue weighted by Gasteiger charge is 2.08. The Morgan fingerprint density at radius 3 is 2.57 bits per heavy atom. The van der Waals surface area contributed by atoms with Crippen LogP contribution in [0.4, 0.5) is 0 Å². The van der Waals surface area contributed by atoms with Crippen molar-refractivity contribution in [3.05, 3.63) is 65.2 Å². The molecule has 0 fully saturated rings. The van der Waals surface area contributed by atoms with Gasteiger partial charge in [-0.05, 0) is 42.3 Å². The SMILES string of the molecule is Cc1cccc(OCC(=O)Cc2cccc(C(=O)O)c2)c1. The van der Waals surface area contributed by atoms with E-state index in [-0.39, 0.29) is 24.4 Å². The lowest BCUT2D eigenvalue weighted by Gasteiger charge is -2.06. The molecule has 2 aromatic carbocycles. The van der Waals surface area contributed by atoms with E-state index in [0.717, 1.165) is 5.56 Å². The Bertz CT molecular complexity index is 661. The number of hydrogen-bond donors (Lipinski definition) is 1. The van der Waals surface area contributed by atoms with Crippen molar-refractivity contribution in [2.24, 2.45) is 0 Å². The molecule has 0 saturated heterocycles. The summed E-state index contributed by atoms with van der Waals surface area (Å²) in [4.78, 5) is 22.8. The molecule has 2 rings (SSSR count). The fraction of sp³-hybridized carbons (Fsp3) is 0.176. The molecule has 108 valence electrons. The number of carbonyl (C=O) groups is 2. The molecule has 0 radical (unpaired) electrons. The first-order chi connectivity index (χ1) is 10.0. The van der Waals surface area contributed by atoms with Crippen molar-refractivity contribution in [3.8, 4) is 5.75 Å². The lowest BCUT2D eigenvalue weighted by atomic mass is 10.1. The van der Waals surface area contributed by atoms with Gasteiger partial charge in [0.05, 0.1) is 5.56 Å². The van der Waals surface area contributed by atoms with Gasteiger partial charge >= 0.3 is 5.97 Å². The number of carbonyl (C=O) groups excluding carboxylic acids is 1. The molecule has 0 bridgehead atoms. The summed E-state index contributed by atoms with van der Waals surface area (Å²) < 4.78 is 5.43. The maximum absolute atomic E-state index is 11.9. The topological polar surface area (TPSA) is 63.6 Å². The maximum atomic E-state index is 11.9. The van der Waals surface area contributed by atoms with E-state index in [1.165, 1.54) is 12.1 Å². The first-order valence-corrected chi connectivity index (χ1v) is 6.58. The van der Waals surface area contributed by atoms with E-state index in [9.17, 15) is 9.59 Å². The number of carboxylic acids is 1. The van der Waals surface area contributed by atoms with Gasteiger partial charge in [0, 0.05) is 6.42 Å². The van der Waals surface area contributed by atoms with Crippen molar-refractivity contribution < 1.29 is 19.4 Å². The van der Waals surface area contributed by atoms with Crippen molar-refractivity contribution in [2.75, 3.05) is 6.61 Å². The molecule has 0 heterocycles. The molecule has 0 saturated carbocycles. The third-order valence-corrected chi connectivity index (χ3v) is 2.96. The summed E-state index contributed by atoms with van der Waals surface area (Å²) in [6.07, 6.45) is 0.160. The standard InChI is InChI=1S/C17H16O4/c1-12-4-2-7-16(8-12)21-11-15(18)10-13-5-3-6-14(9-13)17(19)20/h2-9H,10-11H2,1H3,(H,19,20). The van der Waals surface area contributed by atoms with Gasteiger partial charge in [-0.1, -0.05) is 24.3 Å². The lowest BCUT2D eigenvalue weighted by molar-refractivity contribution is -0.120. The Balaban J connectivity index is 1.93. The van der Waals surface area contributed by atoms with Crippen LogP contribution in [0.2, 0.25) is 0 Å². The van der Waals surface area contributed by atoms with Crippen molar-refractivity contribution in [2.45, 2.75) is 13.3 Å². The largest absolute Gasteiger partial charge is 0.486 e. The summed E-state index contributed by atoms with van der Waals surface area (Å²) in [6, 6.07) is 13.8. The molecule has 1 N–H and O–H groups in total. The quantitative estimate of drug-likeness (QED) is 0.886. The normalized spacial score (nSPS) is 10.1. The number of carboxylic acid groups (broad SMARTS) is 1. The van der Waals surface area contributed by atoms with Crippen LogP contribution in [-0.4, -0.2) is 23.5 Å². The number of aromatic carboxylic acids is 1. The van der Waals surface area contributed by atoms with Crippen LogP contribution in [0.25, 0.3) is 0 Å². The van der Waals surface area contributed by atoms with Crippen LogP contribution in [0.1, 0.15) is 21.5 Å². The second-order valence-corrected chi connectivity index (χ2v) is 4.83. The third kappa shape index (κ3) is 4.45. The minimum atomic E-state index is -1.000. The summed E-state index contributed by atoms with van der Waals surface area (Å²) in [5, 5.41) is 8.91. The van der Waals surface area contributed by atoms with Crippen LogP contribution in [0, 0.1) is 6.92 Å². The van der Waals surface area contributed by atoms with E-state index in [1.54, 1.807) is 18.2 Å². The number of ketones is 1. The van der Waals surface area contributed by atoms with Gasteiger partial charge in [0.25, 0.3) is 0 Å². The highest BCUT2D eigenvalue weighted by Crippen LogP contribution is 2.13. The Hall–Kier alpha value is -2.62. The van der Waals surface area contributed by atoms with Crippen LogP contribution >= 0.6 is 0 Å². The smallest absolute Gasteiger partial charge is 0.335 e. The molecule has 4 heteroatoms. The minimum absolute atomic E-state index is 0.0270. The average molecular weight is 284 g/mol. The summed E-state index contributed by atoms with van der Waals surface area (Å²) >= 11 is 0. The molecular formula is C17H16O4. The second kappa shape index (κ2) is 6.70. The molecule has 0 unspecified atom stereocenters. The van der Waals surface area contributed by atoms with Crippen molar-refractivity contribution in [1.29, 1.82) is 0 Å². The van der Waals surface area contributed by atoms with Gasteiger partial charge in [-0.15, -0.1) is 0 Å². The monoisotopic (exact) mass is 284 g/mol. The Kier molecular flexibility index (Phi) is 4.72. The predicted octanol–water partition coefficient (Wildman–Crippen LogP) is 2.88. The molecule has 0 aliphatic rings. The van der Waals surface area contributed by atoms with E-state index in [4.69, 9.17) is 9.84 Å². The Morgan fingerprint density at radius 2 is 1.86 bits per heavy atom. The summed E-state index contributed by atoms with van der Waals surface area (Å²) in [6.45, 7) is 1.92. The van der Waals surface area contributed by atoms with Crippen LogP contribution in [0.3, 0.4) is 0 Å². The van der Waals surface area contributed by atoms with Crippen molar-refractivity contribution in [3.63, 3.8) is 0 Å². The van der Waals surface area contributed by atoms with Crippen molar-refractivity contribution >= 4 is 11.8 Å². The number of rotatable bonds is 6. The zero-order chi connectivity index (χ0) is 15.2. The van der Waals surface area contributed by atoms with Crippen molar-refractivity contribution in [1.82, 2.24) is 0 Å². The lowest BCUT2D eigenvalue weighted by Crippen LogP contribution is -2.14. The van der Waals surface area contributed by atoms with Gasteiger partial charge in [0.1, 0.15) is 12.4 Å². The number of hydrogen-bond acceptors (Lipinski definition) is 3. The maximum Gasteiger partial charge on any atom is 0.335 e. The fourth-order valence-electron chi connectivity index (χ4n) is 1.96. The predicted molar refractivity (Wildman–Crippen MR) is 78.8 cm³/mol. The van der Waals surface area contributed by atoms with Gasteiger partial charge in [-0.25, -0.2) is 4.79 Å².